The first kappa shape index (κ1) is 9.99. The van der Waals surface area contributed by atoms with E-state index >= 15 is 0 Å². The summed E-state index contributed by atoms with van der Waals surface area (Å²) in [5.41, 5.74) is 5.36. The molecule has 0 rings (SSSR count). The monoisotopic (exact) mass is 106 g/mol. The molecule has 0 fully saturated rings. The van der Waals surface area contributed by atoms with E-state index in [1.54, 1.807) is 14.2 Å². The molecule has 0 bridgehead atoms. The van der Waals surface area contributed by atoms with Crippen LogP contribution in [-0.4, -0.2) is 28.3 Å². The Morgan fingerprint density at radius 1 is 1.00 bits per heavy atom. The molecule has 0 aliphatic carbocycles. The van der Waals surface area contributed by atoms with Crippen molar-refractivity contribution in [1.29, 1.82) is 0 Å². The van der Waals surface area contributed by atoms with Crippen LogP contribution in [0.1, 0.15) is 0 Å². The Labute approximate surface area is 45.0 Å². The molecular weight excluding hydrogens is 92.1 g/mol. The molecule has 0 aromatic rings. The Kier molecular flexibility index (Phi) is 24.1. The van der Waals surface area contributed by atoms with Crippen LogP contribution in [0.15, 0.2) is 0 Å². The van der Waals surface area contributed by atoms with E-state index in [0.29, 0.717) is 0 Å². The molecule has 0 saturated heterocycles. The average Bonchev–Trinajstić information content (AvgIpc) is 1.69. The Balaban J connectivity index is 0. The van der Waals surface area contributed by atoms with Gasteiger partial charge in [0, 0.05) is 14.2 Å². The highest BCUT2D eigenvalue weighted by Crippen LogP contribution is 1.28. The number of hydrogen-bond donors (Lipinski definition) is 2. The van der Waals surface area contributed by atoms with Gasteiger partial charge in [-0.05, 0) is 14.1 Å². The molecule has 0 unspecified atom stereocenters. The van der Waals surface area contributed by atoms with Gasteiger partial charge >= 0.3 is 0 Å². The molecule has 0 heterocycles. The van der Waals surface area contributed by atoms with Gasteiger partial charge < -0.3 is 4.74 Å². The first-order valence-electron chi connectivity index (χ1n) is 2.07. The highest BCUT2D eigenvalue weighted by Gasteiger charge is 1.44. The predicted molar refractivity (Wildman–Crippen MR) is 31.1 cm³/mol. The highest BCUT2D eigenvalue weighted by atomic mass is 16.4. The highest BCUT2D eigenvalue weighted by molar-refractivity contribution is 3.99. The maximum Gasteiger partial charge on any atom is 0.0351 e. The lowest BCUT2D eigenvalue weighted by molar-refractivity contribution is 0.277. The molecule has 0 aromatic carbocycles. The van der Waals surface area contributed by atoms with Crippen molar-refractivity contribution in [2.45, 2.75) is 0 Å². The third-order valence-corrected chi connectivity index (χ3v) is 0.250. The maximum absolute atomic E-state index is 4.25. The van der Waals surface area contributed by atoms with Crippen molar-refractivity contribution in [3.05, 3.63) is 0 Å². The Hall–Kier alpha value is -0.120. The van der Waals surface area contributed by atoms with E-state index < -0.39 is 0 Å². The fraction of sp³-hybridized carbons (Fsp3) is 1.00. The molecule has 0 amide bonds. The summed E-state index contributed by atoms with van der Waals surface area (Å²) in [6.45, 7) is 0. The molecule has 0 atom stereocenters. The van der Waals surface area contributed by atoms with E-state index in [4.69, 9.17) is 0 Å². The zero-order valence-electron chi connectivity index (χ0n) is 5.41. The van der Waals surface area contributed by atoms with Crippen molar-refractivity contribution in [3.63, 3.8) is 0 Å². The van der Waals surface area contributed by atoms with E-state index in [2.05, 4.69) is 15.6 Å². The summed E-state index contributed by atoms with van der Waals surface area (Å²) in [6, 6.07) is 0. The maximum atomic E-state index is 4.25. The van der Waals surface area contributed by atoms with Gasteiger partial charge in [0.2, 0.25) is 0 Å². The van der Waals surface area contributed by atoms with Crippen molar-refractivity contribution >= 4 is 0 Å². The minimum atomic E-state index is 1.62. The SMILES string of the molecule is CNNC.COC. The van der Waals surface area contributed by atoms with Crippen LogP contribution in [-0.2, 0) is 4.74 Å². The van der Waals surface area contributed by atoms with Crippen LogP contribution < -0.4 is 10.9 Å². The molecule has 0 saturated carbocycles. The largest absolute Gasteiger partial charge is 0.388 e. The summed E-state index contributed by atoms with van der Waals surface area (Å²) < 4.78 is 4.25. The number of ether oxygens (including phenoxy) is 1. The van der Waals surface area contributed by atoms with E-state index in [1.165, 1.54) is 0 Å². The number of hydrazine groups is 1. The Morgan fingerprint density at radius 3 is 1.14 bits per heavy atom. The summed E-state index contributed by atoms with van der Waals surface area (Å²) in [7, 11) is 6.89. The number of nitrogens with one attached hydrogen (secondary N) is 2. The molecule has 2 N–H and O–H groups in total. The van der Waals surface area contributed by atoms with Crippen molar-refractivity contribution < 1.29 is 4.74 Å². The zero-order valence-corrected chi connectivity index (χ0v) is 5.41. The number of rotatable bonds is 1. The third-order valence-electron chi connectivity index (χ3n) is 0.250. The van der Waals surface area contributed by atoms with E-state index in [0.717, 1.165) is 0 Å². The number of methoxy groups -OCH3 is 1. The lowest BCUT2D eigenvalue weighted by Crippen LogP contribution is -2.21. The smallest absolute Gasteiger partial charge is 0.0351 e. The normalized spacial score (nSPS) is 6.86. The Bertz CT molecular complexity index is 17.2. The van der Waals surface area contributed by atoms with Crippen LogP contribution in [0.2, 0.25) is 0 Å². The minimum Gasteiger partial charge on any atom is -0.388 e. The second kappa shape index (κ2) is 16.9. The number of hydrogen-bond acceptors (Lipinski definition) is 3. The fourth-order valence-electron chi connectivity index (χ4n) is 0. The molecule has 46 valence electrons. The summed E-state index contributed by atoms with van der Waals surface area (Å²) >= 11 is 0. The van der Waals surface area contributed by atoms with Gasteiger partial charge in [-0.1, -0.05) is 0 Å². The Morgan fingerprint density at radius 2 is 1.14 bits per heavy atom. The lowest BCUT2D eigenvalue weighted by Gasteiger charge is -1.81. The molecule has 0 radical (unpaired) electrons. The van der Waals surface area contributed by atoms with Gasteiger partial charge in [-0.3, -0.25) is 10.9 Å². The minimum absolute atomic E-state index is 1.62. The van der Waals surface area contributed by atoms with Gasteiger partial charge in [0.15, 0.2) is 0 Å². The van der Waals surface area contributed by atoms with Crippen molar-refractivity contribution in [1.82, 2.24) is 10.9 Å². The summed E-state index contributed by atoms with van der Waals surface area (Å²) in [6.07, 6.45) is 0. The standard InChI is InChI=1S/C2H8N2.C2H6O/c1-3-4-2;1-3-2/h3-4H,1-2H3;1-2H3. The average molecular weight is 106 g/mol. The van der Waals surface area contributed by atoms with Crippen LogP contribution in [0.25, 0.3) is 0 Å². The van der Waals surface area contributed by atoms with Crippen molar-refractivity contribution in [2.75, 3.05) is 28.3 Å². The first-order chi connectivity index (χ1) is 3.33. The third kappa shape index (κ3) is 114. The molecule has 3 nitrogen and oxygen atoms in total. The van der Waals surface area contributed by atoms with E-state index in [-0.39, 0.29) is 0 Å². The molecule has 7 heavy (non-hydrogen) atoms. The predicted octanol–water partition coefficient (Wildman–Crippen LogP) is -0.397. The van der Waals surface area contributed by atoms with Crippen LogP contribution in [0.3, 0.4) is 0 Å². The van der Waals surface area contributed by atoms with E-state index in [1.807, 2.05) is 14.1 Å². The van der Waals surface area contributed by atoms with Crippen molar-refractivity contribution in [2.24, 2.45) is 0 Å². The van der Waals surface area contributed by atoms with Crippen molar-refractivity contribution in [3.8, 4) is 0 Å². The molecule has 0 aromatic heterocycles. The van der Waals surface area contributed by atoms with E-state index in [9.17, 15) is 0 Å². The second-order valence-electron chi connectivity index (χ2n) is 0.908. The van der Waals surface area contributed by atoms with Gasteiger partial charge in [0.25, 0.3) is 0 Å². The van der Waals surface area contributed by atoms with Crippen LogP contribution in [0.5, 0.6) is 0 Å². The van der Waals surface area contributed by atoms with Gasteiger partial charge in [-0.2, -0.15) is 0 Å². The fourth-order valence-corrected chi connectivity index (χ4v) is 0. The first-order valence-corrected chi connectivity index (χ1v) is 2.07. The quantitative estimate of drug-likeness (QED) is 0.446. The van der Waals surface area contributed by atoms with Crippen LogP contribution in [0, 0.1) is 0 Å². The topological polar surface area (TPSA) is 33.3 Å². The lowest BCUT2D eigenvalue weighted by atomic mass is 11.4. The van der Waals surface area contributed by atoms with Crippen LogP contribution in [0.4, 0.5) is 0 Å². The molecule has 3 heteroatoms. The van der Waals surface area contributed by atoms with Gasteiger partial charge in [-0.25, -0.2) is 0 Å². The molecule has 0 spiro atoms. The summed E-state index contributed by atoms with van der Waals surface area (Å²) in [5, 5.41) is 0. The second-order valence-corrected chi connectivity index (χ2v) is 0.908. The summed E-state index contributed by atoms with van der Waals surface area (Å²) in [5.74, 6) is 0. The molecule has 0 aliphatic rings. The van der Waals surface area contributed by atoms with Gasteiger partial charge in [0.1, 0.15) is 0 Å². The van der Waals surface area contributed by atoms with Gasteiger partial charge in [-0.15, -0.1) is 0 Å². The van der Waals surface area contributed by atoms with Crippen LogP contribution >= 0.6 is 0 Å². The molecular formula is C4H14N2O. The van der Waals surface area contributed by atoms with Gasteiger partial charge in [0.05, 0.1) is 0 Å². The zero-order chi connectivity index (χ0) is 6.12. The molecule has 0 aliphatic heterocycles. The summed E-state index contributed by atoms with van der Waals surface area (Å²) in [4.78, 5) is 0.